The predicted molar refractivity (Wildman–Crippen MR) is 48.1 cm³/mol. The second-order valence-electron chi connectivity index (χ2n) is 2.61. The molecule has 0 aromatic heterocycles. The van der Waals surface area contributed by atoms with Crippen LogP contribution in [0, 0.1) is 0 Å². The van der Waals surface area contributed by atoms with Gasteiger partial charge < -0.3 is 4.74 Å². The number of esters is 1. The van der Waals surface area contributed by atoms with Crippen LogP contribution in [0.5, 0.6) is 0 Å². The largest absolute Gasteiger partial charge is 0.466 e. The Morgan fingerprint density at radius 2 is 2.15 bits per heavy atom. The zero-order valence-corrected chi connectivity index (χ0v) is 7.91. The van der Waals surface area contributed by atoms with Crippen molar-refractivity contribution < 1.29 is 14.3 Å². The van der Waals surface area contributed by atoms with E-state index in [0.717, 1.165) is 19.3 Å². The fourth-order valence-corrected chi connectivity index (χ4v) is 0.803. The molecule has 0 saturated carbocycles. The molecule has 0 bridgehead atoms. The van der Waals surface area contributed by atoms with Gasteiger partial charge in [0.2, 0.25) is 6.08 Å². The van der Waals surface area contributed by atoms with Gasteiger partial charge >= 0.3 is 5.97 Å². The molecule has 0 amide bonds. The van der Waals surface area contributed by atoms with E-state index in [4.69, 9.17) is 4.74 Å². The first-order valence-electron chi connectivity index (χ1n) is 4.50. The third-order valence-electron chi connectivity index (χ3n) is 1.53. The van der Waals surface area contributed by atoms with Crippen LogP contribution in [0.4, 0.5) is 0 Å². The van der Waals surface area contributed by atoms with Gasteiger partial charge in [-0.2, -0.15) is 0 Å². The zero-order chi connectivity index (χ0) is 9.94. The van der Waals surface area contributed by atoms with Gasteiger partial charge in [0.05, 0.1) is 13.2 Å². The third kappa shape index (κ3) is 8.76. The van der Waals surface area contributed by atoms with Crippen molar-refractivity contribution in [3.63, 3.8) is 0 Å². The molecule has 13 heavy (non-hydrogen) atoms. The van der Waals surface area contributed by atoms with Crippen molar-refractivity contribution in [3.8, 4) is 0 Å². The second kappa shape index (κ2) is 8.94. The fourth-order valence-electron chi connectivity index (χ4n) is 0.803. The summed E-state index contributed by atoms with van der Waals surface area (Å²) in [6, 6.07) is 0. The van der Waals surface area contributed by atoms with E-state index >= 15 is 0 Å². The molecule has 74 valence electrons. The minimum absolute atomic E-state index is 0.161. The molecule has 0 aliphatic heterocycles. The van der Waals surface area contributed by atoms with Gasteiger partial charge in [-0.1, -0.05) is 6.92 Å². The van der Waals surface area contributed by atoms with E-state index in [1.165, 1.54) is 6.08 Å². The summed E-state index contributed by atoms with van der Waals surface area (Å²) in [4.78, 5) is 23.7. The van der Waals surface area contributed by atoms with Crippen molar-refractivity contribution in [3.05, 3.63) is 0 Å². The molecule has 0 aliphatic rings. The van der Waals surface area contributed by atoms with Gasteiger partial charge in [0.15, 0.2) is 0 Å². The number of isocyanates is 1. The molecular weight excluding hydrogens is 170 g/mol. The van der Waals surface area contributed by atoms with Gasteiger partial charge in [-0.3, -0.25) is 4.79 Å². The van der Waals surface area contributed by atoms with Gasteiger partial charge in [0, 0.05) is 6.42 Å². The summed E-state index contributed by atoms with van der Waals surface area (Å²) in [5.74, 6) is -0.161. The molecular formula is C9H15NO3. The zero-order valence-electron chi connectivity index (χ0n) is 7.91. The van der Waals surface area contributed by atoms with Crippen molar-refractivity contribution in [2.24, 2.45) is 4.99 Å². The first kappa shape index (κ1) is 11.8. The number of aliphatic imine (C=N–C) groups is 1. The van der Waals surface area contributed by atoms with Crippen LogP contribution in [-0.2, 0) is 14.3 Å². The summed E-state index contributed by atoms with van der Waals surface area (Å²) in [6.45, 7) is 2.75. The average Bonchev–Trinajstić information content (AvgIpc) is 2.16. The Morgan fingerprint density at radius 1 is 1.38 bits per heavy atom. The van der Waals surface area contributed by atoms with Crippen LogP contribution in [0.1, 0.15) is 32.6 Å². The highest BCUT2D eigenvalue weighted by Crippen LogP contribution is 1.96. The monoisotopic (exact) mass is 185 g/mol. The first-order valence-corrected chi connectivity index (χ1v) is 4.50. The SMILES string of the molecule is CCC(=O)OCCCCCN=C=O. The minimum atomic E-state index is -0.161. The minimum Gasteiger partial charge on any atom is -0.466 e. The molecule has 0 saturated heterocycles. The molecule has 0 spiro atoms. The highest BCUT2D eigenvalue weighted by atomic mass is 16.5. The van der Waals surface area contributed by atoms with E-state index in [-0.39, 0.29) is 5.97 Å². The highest BCUT2D eigenvalue weighted by molar-refractivity contribution is 5.68. The molecule has 0 radical (unpaired) electrons. The first-order chi connectivity index (χ1) is 6.31. The van der Waals surface area contributed by atoms with E-state index in [9.17, 15) is 9.59 Å². The number of hydrogen-bond acceptors (Lipinski definition) is 4. The lowest BCUT2D eigenvalue weighted by molar-refractivity contribution is -0.143. The fraction of sp³-hybridized carbons (Fsp3) is 0.778. The Balaban J connectivity index is 3.08. The van der Waals surface area contributed by atoms with Crippen molar-refractivity contribution in [1.29, 1.82) is 0 Å². The summed E-state index contributed by atoms with van der Waals surface area (Å²) >= 11 is 0. The predicted octanol–water partition coefficient (Wildman–Crippen LogP) is 1.45. The van der Waals surface area contributed by atoms with Crippen molar-refractivity contribution in [1.82, 2.24) is 0 Å². The summed E-state index contributed by atoms with van der Waals surface area (Å²) in [7, 11) is 0. The smallest absolute Gasteiger partial charge is 0.305 e. The molecule has 0 N–H and O–H groups in total. The summed E-state index contributed by atoms with van der Waals surface area (Å²) in [5, 5.41) is 0. The van der Waals surface area contributed by atoms with Crippen LogP contribution >= 0.6 is 0 Å². The van der Waals surface area contributed by atoms with Crippen LogP contribution in [-0.4, -0.2) is 25.2 Å². The van der Waals surface area contributed by atoms with Gasteiger partial charge in [-0.25, -0.2) is 9.79 Å². The Kier molecular flexibility index (Phi) is 8.15. The Morgan fingerprint density at radius 3 is 2.77 bits per heavy atom. The number of ether oxygens (including phenoxy) is 1. The van der Waals surface area contributed by atoms with Gasteiger partial charge in [0.1, 0.15) is 0 Å². The summed E-state index contributed by atoms with van der Waals surface area (Å²) < 4.78 is 4.85. The molecule has 0 heterocycles. The Labute approximate surface area is 78.0 Å². The number of hydrogen-bond donors (Lipinski definition) is 0. The topological polar surface area (TPSA) is 55.7 Å². The normalized spacial score (nSPS) is 9.00. The average molecular weight is 185 g/mol. The third-order valence-corrected chi connectivity index (χ3v) is 1.53. The number of carbonyl (C=O) groups excluding carboxylic acids is 2. The molecule has 0 unspecified atom stereocenters. The maximum atomic E-state index is 10.7. The van der Waals surface area contributed by atoms with Crippen LogP contribution in [0.15, 0.2) is 4.99 Å². The number of nitrogens with zero attached hydrogens (tertiary/aromatic N) is 1. The van der Waals surface area contributed by atoms with Crippen LogP contribution < -0.4 is 0 Å². The van der Waals surface area contributed by atoms with E-state index in [1.54, 1.807) is 6.92 Å². The quantitative estimate of drug-likeness (QED) is 0.261. The lowest BCUT2D eigenvalue weighted by Crippen LogP contribution is -2.03. The number of unbranched alkanes of at least 4 members (excludes halogenated alkanes) is 2. The van der Waals surface area contributed by atoms with Gasteiger partial charge in [-0.05, 0) is 19.3 Å². The van der Waals surface area contributed by atoms with E-state index in [2.05, 4.69) is 4.99 Å². The standard InChI is InChI=1S/C9H15NO3/c1-2-9(12)13-7-5-3-4-6-10-8-11/h2-7H2,1H3. The molecule has 0 atom stereocenters. The van der Waals surface area contributed by atoms with Crippen molar-refractivity contribution in [2.45, 2.75) is 32.6 Å². The molecule has 4 heteroatoms. The van der Waals surface area contributed by atoms with Crippen LogP contribution in [0.2, 0.25) is 0 Å². The molecule has 0 aromatic rings. The number of carbonyl (C=O) groups is 1. The molecule has 0 aromatic carbocycles. The second-order valence-corrected chi connectivity index (χ2v) is 2.61. The summed E-state index contributed by atoms with van der Waals surface area (Å²) in [6.07, 6.45) is 4.50. The van der Waals surface area contributed by atoms with E-state index in [0.29, 0.717) is 19.6 Å². The summed E-state index contributed by atoms with van der Waals surface area (Å²) in [5.41, 5.74) is 0. The van der Waals surface area contributed by atoms with Gasteiger partial charge in [-0.15, -0.1) is 0 Å². The highest BCUT2D eigenvalue weighted by Gasteiger charge is 1.96. The van der Waals surface area contributed by atoms with E-state index in [1.807, 2.05) is 0 Å². The van der Waals surface area contributed by atoms with E-state index < -0.39 is 0 Å². The van der Waals surface area contributed by atoms with Crippen LogP contribution in [0.25, 0.3) is 0 Å². The van der Waals surface area contributed by atoms with Crippen molar-refractivity contribution >= 4 is 12.0 Å². The van der Waals surface area contributed by atoms with Crippen LogP contribution in [0.3, 0.4) is 0 Å². The molecule has 0 rings (SSSR count). The van der Waals surface area contributed by atoms with Gasteiger partial charge in [0.25, 0.3) is 0 Å². The molecule has 0 fully saturated rings. The maximum Gasteiger partial charge on any atom is 0.305 e. The number of rotatable bonds is 7. The lowest BCUT2D eigenvalue weighted by atomic mass is 10.2. The maximum absolute atomic E-state index is 10.7. The Bertz CT molecular complexity index is 185. The molecule has 4 nitrogen and oxygen atoms in total. The van der Waals surface area contributed by atoms with Crippen molar-refractivity contribution in [2.75, 3.05) is 13.2 Å². The lowest BCUT2D eigenvalue weighted by Gasteiger charge is -2.01. The Hall–Kier alpha value is -1.15. The molecule has 0 aliphatic carbocycles.